The molecule has 0 bridgehead atoms. The van der Waals surface area contributed by atoms with Gasteiger partial charge in [-0.2, -0.15) is 0 Å². The Balaban J connectivity index is 3.33. The molecule has 0 aliphatic rings. The molecule has 3 N–H and O–H groups in total. The van der Waals surface area contributed by atoms with Gasteiger partial charge in [0.2, 0.25) is 0 Å². The fourth-order valence-electron chi connectivity index (χ4n) is 1.33. The van der Waals surface area contributed by atoms with Crippen molar-refractivity contribution in [1.29, 1.82) is 0 Å². The van der Waals surface area contributed by atoms with Crippen molar-refractivity contribution in [2.24, 2.45) is 5.73 Å². The minimum Gasteiger partial charge on any atom is -0.481 e. The number of nitrogens with two attached hydrogens (primary N) is 1. The van der Waals surface area contributed by atoms with Crippen LogP contribution >= 0.6 is 0 Å². The van der Waals surface area contributed by atoms with Crippen LogP contribution in [0.25, 0.3) is 0 Å². The highest BCUT2D eigenvalue weighted by Gasteiger charge is 2.27. The van der Waals surface area contributed by atoms with Crippen LogP contribution in [0.3, 0.4) is 0 Å². The first-order valence-corrected chi connectivity index (χ1v) is 4.34. The minimum absolute atomic E-state index is 0.222. The van der Waals surface area contributed by atoms with Crippen molar-refractivity contribution in [3.8, 4) is 0 Å². The third-order valence-electron chi connectivity index (χ3n) is 2.10. The first-order chi connectivity index (χ1) is 7.47. The van der Waals surface area contributed by atoms with Gasteiger partial charge in [-0.15, -0.1) is 0 Å². The molecule has 0 fully saturated rings. The molecule has 1 aromatic rings. The molecular weight excluding hydrogens is 219 g/mol. The maximum atomic E-state index is 12.9. The topological polar surface area (TPSA) is 106 Å². The Kier molecular flexibility index (Phi) is 3.51. The summed E-state index contributed by atoms with van der Waals surface area (Å²) in [5.74, 6) is -3.34. The van der Waals surface area contributed by atoms with E-state index in [1.54, 1.807) is 0 Å². The molecule has 16 heavy (non-hydrogen) atoms. The van der Waals surface area contributed by atoms with Gasteiger partial charge in [0.1, 0.15) is 11.7 Å². The summed E-state index contributed by atoms with van der Waals surface area (Å²) >= 11 is 0. The van der Waals surface area contributed by atoms with E-state index in [0.717, 1.165) is 18.2 Å². The Morgan fingerprint density at radius 2 is 2.25 bits per heavy atom. The number of carboxylic acids is 1. The molecule has 0 spiro atoms. The average molecular weight is 228 g/mol. The molecule has 1 aromatic carbocycles. The fraction of sp³-hybridized carbons (Fsp3) is 0.222. The summed E-state index contributed by atoms with van der Waals surface area (Å²) in [5.41, 5.74) is 4.53. The molecule has 0 saturated carbocycles. The van der Waals surface area contributed by atoms with Gasteiger partial charge in [-0.25, -0.2) is 4.39 Å². The van der Waals surface area contributed by atoms with Crippen LogP contribution in [0.1, 0.15) is 11.5 Å². The van der Waals surface area contributed by atoms with Gasteiger partial charge >= 0.3 is 5.97 Å². The Labute approximate surface area is 89.6 Å². The van der Waals surface area contributed by atoms with Crippen molar-refractivity contribution in [1.82, 2.24) is 0 Å². The normalized spacial score (nSPS) is 12.1. The zero-order valence-corrected chi connectivity index (χ0v) is 8.09. The first-order valence-electron chi connectivity index (χ1n) is 4.34. The molecule has 0 saturated heterocycles. The van der Waals surface area contributed by atoms with E-state index in [4.69, 9.17) is 10.8 Å². The predicted molar refractivity (Wildman–Crippen MR) is 52.5 cm³/mol. The van der Waals surface area contributed by atoms with Crippen molar-refractivity contribution in [2.45, 2.75) is 5.92 Å². The molecule has 86 valence electrons. The third-order valence-corrected chi connectivity index (χ3v) is 2.10. The van der Waals surface area contributed by atoms with E-state index in [0.29, 0.717) is 0 Å². The molecule has 0 amide bonds. The summed E-state index contributed by atoms with van der Waals surface area (Å²) in [5, 5.41) is 19.4. The third kappa shape index (κ3) is 2.31. The Hall–Kier alpha value is -2.02. The van der Waals surface area contributed by atoms with E-state index >= 15 is 0 Å². The number of carbonyl (C=O) groups is 1. The van der Waals surface area contributed by atoms with Crippen LogP contribution < -0.4 is 5.73 Å². The van der Waals surface area contributed by atoms with Crippen molar-refractivity contribution >= 4 is 11.7 Å². The van der Waals surface area contributed by atoms with Gasteiger partial charge in [-0.05, 0) is 12.1 Å². The number of aliphatic carboxylic acids is 1. The summed E-state index contributed by atoms with van der Waals surface area (Å²) in [4.78, 5) is 20.7. The molecule has 0 aromatic heterocycles. The van der Waals surface area contributed by atoms with Crippen molar-refractivity contribution in [2.75, 3.05) is 6.54 Å². The van der Waals surface area contributed by atoms with Gasteiger partial charge in [-0.3, -0.25) is 14.9 Å². The van der Waals surface area contributed by atoms with Gasteiger partial charge in [0.25, 0.3) is 5.69 Å². The summed E-state index contributed by atoms with van der Waals surface area (Å²) in [6, 6.07) is 2.65. The van der Waals surface area contributed by atoms with Crippen LogP contribution in [-0.2, 0) is 4.79 Å². The Bertz CT molecular complexity index is 436. The lowest BCUT2D eigenvalue weighted by Gasteiger charge is -2.10. The first kappa shape index (κ1) is 12.1. The maximum Gasteiger partial charge on any atom is 0.312 e. The van der Waals surface area contributed by atoms with Gasteiger partial charge in [0.15, 0.2) is 0 Å². The summed E-state index contributed by atoms with van der Waals surface area (Å²) in [6.45, 7) is -0.334. The number of nitrogens with zero attached hydrogens (tertiary/aromatic N) is 1. The highest BCUT2D eigenvalue weighted by molar-refractivity contribution is 5.78. The second kappa shape index (κ2) is 4.67. The van der Waals surface area contributed by atoms with Gasteiger partial charge < -0.3 is 10.8 Å². The number of rotatable bonds is 4. The summed E-state index contributed by atoms with van der Waals surface area (Å²) in [6.07, 6.45) is 0. The van der Waals surface area contributed by atoms with Crippen LogP contribution in [0.5, 0.6) is 0 Å². The van der Waals surface area contributed by atoms with Gasteiger partial charge in [-0.1, -0.05) is 0 Å². The predicted octanol–water partition coefficient (Wildman–Crippen LogP) is 0.861. The number of halogens is 1. The smallest absolute Gasteiger partial charge is 0.312 e. The summed E-state index contributed by atoms with van der Waals surface area (Å²) in [7, 11) is 0. The van der Waals surface area contributed by atoms with Crippen molar-refractivity contribution in [3.05, 3.63) is 39.7 Å². The van der Waals surface area contributed by atoms with Crippen molar-refractivity contribution in [3.63, 3.8) is 0 Å². The van der Waals surface area contributed by atoms with Crippen LogP contribution in [0, 0.1) is 15.9 Å². The number of hydrogen-bond acceptors (Lipinski definition) is 4. The molecule has 0 radical (unpaired) electrons. The van der Waals surface area contributed by atoms with E-state index in [-0.39, 0.29) is 12.1 Å². The average Bonchev–Trinajstić information content (AvgIpc) is 2.17. The SMILES string of the molecule is NCC(C(=O)O)c1cc(F)ccc1[N+](=O)[O-]. The van der Waals surface area contributed by atoms with Crippen LogP contribution in [-0.4, -0.2) is 22.5 Å². The monoisotopic (exact) mass is 228 g/mol. The zero-order chi connectivity index (χ0) is 12.3. The minimum atomic E-state index is -1.32. The number of nitro groups is 1. The van der Waals surface area contributed by atoms with Crippen LogP contribution in [0.2, 0.25) is 0 Å². The molecule has 1 atom stereocenters. The number of hydrogen-bond donors (Lipinski definition) is 2. The van der Waals surface area contributed by atoms with E-state index in [1.165, 1.54) is 0 Å². The molecule has 7 heteroatoms. The second-order valence-electron chi connectivity index (χ2n) is 3.09. The molecule has 0 aliphatic carbocycles. The van der Waals surface area contributed by atoms with Crippen LogP contribution in [0.15, 0.2) is 18.2 Å². The molecular formula is C9H9FN2O4. The molecule has 0 heterocycles. The zero-order valence-electron chi connectivity index (χ0n) is 8.09. The molecule has 1 rings (SSSR count). The van der Waals surface area contributed by atoms with E-state index in [2.05, 4.69) is 0 Å². The molecule has 0 aliphatic heterocycles. The second-order valence-corrected chi connectivity index (χ2v) is 3.09. The highest BCUT2D eigenvalue weighted by Crippen LogP contribution is 2.27. The quantitative estimate of drug-likeness (QED) is 0.587. The highest BCUT2D eigenvalue weighted by atomic mass is 19.1. The fourth-order valence-corrected chi connectivity index (χ4v) is 1.33. The van der Waals surface area contributed by atoms with E-state index in [1.807, 2.05) is 0 Å². The standard InChI is InChI=1S/C9H9FN2O4/c10-5-1-2-8(12(15)16)6(3-5)7(4-11)9(13)14/h1-3,7H,4,11H2,(H,13,14). The van der Waals surface area contributed by atoms with E-state index in [9.17, 15) is 19.3 Å². The Morgan fingerprint density at radius 1 is 1.62 bits per heavy atom. The lowest BCUT2D eigenvalue weighted by molar-refractivity contribution is -0.385. The maximum absolute atomic E-state index is 12.9. The van der Waals surface area contributed by atoms with Gasteiger partial charge in [0, 0.05) is 18.2 Å². The number of carboxylic acid groups (broad SMARTS) is 1. The lowest BCUT2D eigenvalue weighted by atomic mass is 9.97. The molecule has 1 unspecified atom stereocenters. The lowest BCUT2D eigenvalue weighted by Crippen LogP contribution is -2.22. The van der Waals surface area contributed by atoms with Gasteiger partial charge in [0.05, 0.1) is 4.92 Å². The van der Waals surface area contributed by atoms with Crippen LogP contribution in [0.4, 0.5) is 10.1 Å². The number of benzene rings is 1. The molecule has 6 nitrogen and oxygen atoms in total. The largest absolute Gasteiger partial charge is 0.481 e. The summed E-state index contributed by atoms with van der Waals surface area (Å²) < 4.78 is 12.9. The van der Waals surface area contributed by atoms with E-state index < -0.39 is 28.3 Å². The number of nitro benzene ring substituents is 1. The Morgan fingerprint density at radius 3 is 2.69 bits per heavy atom. The van der Waals surface area contributed by atoms with Crippen molar-refractivity contribution < 1.29 is 19.2 Å².